The van der Waals surface area contributed by atoms with Gasteiger partial charge in [-0.3, -0.25) is 4.79 Å². The number of carbonyl (C=O) groups excluding carboxylic acids is 2. The van der Waals surface area contributed by atoms with E-state index in [9.17, 15) is 18.0 Å². The predicted molar refractivity (Wildman–Crippen MR) is 113 cm³/mol. The number of hydrogen-bond donors (Lipinski definition) is 0. The Morgan fingerprint density at radius 3 is 2.53 bits per heavy atom. The molecule has 0 aromatic heterocycles. The minimum Gasteiger partial charge on any atom is -0.454 e. The smallest absolute Gasteiger partial charge is 0.338 e. The molecule has 2 aliphatic rings. The molecule has 2 aliphatic heterocycles. The average molecular weight is 447 g/mol. The molecule has 156 valence electrons. The number of Topliss-reactive ketones (excluding diaryl/α,β-unsaturated/α-hetero) is 1. The predicted octanol–water partition coefficient (Wildman–Crippen LogP) is 3.86. The molecule has 1 saturated heterocycles. The molecule has 0 unspecified atom stereocenters. The van der Waals surface area contributed by atoms with Gasteiger partial charge in [-0.1, -0.05) is 18.0 Å². The van der Waals surface area contributed by atoms with E-state index in [2.05, 4.69) is 4.40 Å². The van der Waals surface area contributed by atoms with E-state index < -0.39 is 22.6 Å². The molecule has 0 atom stereocenters. The van der Waals surface area contributed by atoms with Crippen molar-refractivity contribution in [2.24, 2.45) is 4.40 Å². The van der Waals surface area contributed by atoms with Crippen LogP contribution in [-0.4, -0.2) is 39.2 Å². The quantitative estimate of drug-likeness (QED) is 0.523. The summed E-state index contributed by atoms with van der Waals surface area (Å²) in [6.07, 6.45) is 3.45. The molecule has 0 radical (unpaired) electrons. The van der Waals surface area contributed by atoms with E-state index in [0.29, 0.717) is 35.1 Å². The van der Waals surface area contributed by atoms with Crippen molar-refractivity contribution in [2.45, 2.75) is 30.6 Å². The molecule has 2 aromatic carbocycles. The summed E-state index contributed by atoms with van der Waals surface area (Å²) in [4.78, 5) is 26.5. The summed E-state index contributed by atoms with van der Waals surface area (Å²) in [5.74, 6) is -0.616. The SMILES string of the molecule is O=C(COC(=O)c1ccc2c(c1)S(=O)(=O)N=C1CCCCCN12)c1ccc(Cl)cc1. The lowest BCUT2D eigenvalue weighted by atomic mass is 10.1. The van der Waals surface area contributed by atoms with Crippen LogP contribution in [0, 0.1) is 0 Å². The molecule has 0 bridgehead atoms. The number of ether oxygens (including phenoxy) is 1. The van der Waals surface area contributed by atoms with Gasteiger partial charge in [0.2, 0.25) is 0 Å². The van der Waals surface area contributed by atoms with E-state index in [1.54, 1.807) is 30.3 Å². The first-order chi connectivity index (χ1) is 14.3. The van der Waals surface area contributed by atoms with Crippen LogP contribution in [-0.2, 0) is 14.8 Å². The van der Waals surface area contributed by atoms with E-state index in [1.165, 1.54) is 12.1 Å². The molecule has 7 nitrogen and oxygen atoms in total. The Labute approximate surface area is 179 Å². The highest BCUT2D eigenvalue weighted by molar-refractivity contribution is 7.90. The second-order valence-electron chi connectivity index (χ2n) is 7.13. The minimum absolute atomic E-state index is 0.0216. The van der Waals surface area contributed by atoms with Gasteiger partial charge >= 0.3 is 5.97 Å². The van der Waals surface area contributed by atoms with Crippen molar-refractivity contribution in [1.82, 2.24) is 0 Å². The van der Waals surface area contributed by atoms with E-state index in [1.807, 2.05) is 4.90 Å². The molecule has 9 heteroatoms. The first-order valence-electron chi connectivity index (χ1n) is 9.56. The van der Waals surface area contributed by atoms with Crippen molar-refractivity contribution < 1.29 is 22.7 Å². The maximum atomic E-state index is 12.7. The number of amidine groups is 1. The van der Waals surface area contributed by atoms with Crippen LogP contribution >= 0.6 is 11.6 Å². The van der Waals surface area contributed by atoms with E-state index in [4.69, 9.17) is 16.3 Å². The second kappa shape index (κ2) is 8.20. The number of nitrogens with zero attached hydrogens (tertiary/aromatic N) is 2. The molecular weight excluding hydrogens is 428 g/mol. The van der Waals surface area contributed by atoms with Gasteiger partial charge < -0.3 is 9.64 Å². The fourth-order valence-electron chi connectivity index (χ4n) is 3.54. The Bertz CT molecular complexity index is 1140. The Morgan fingerprint density at radius 1 is 1.03 bits per heavy atom. The molecule has 0 N–H and O–H groups in total. The number of hydrogen-bond acceptors (Lipinski definition) is 6. The number of rotatable bonds is 4. The molecule has 0 aliphatic carbocycles. The van der Waals surface area contributed by atoms with Crippen LogP contribution < -0.4 is 4.90 Å². The minimum atomic E-state index is -3.90. The fourth-order valence-corrected chi connectivity index (χ4v) is 4.95. The topological polar surface area (TPSA) is 93.1 Å². The van der Waals surface area contributed by atoms with Gasteiger partial charge in [0.1, 0.15) is 10.7 Å². The van der Waals surface area contributed by atoms with Gasteiger partial charge in [0.25, 0.3) is 10.0 Å². The Hall–Kier alpha value is -2.71. The van der Waals surface area contributed by atoms with Crippen LogP contribution in [0.2, 0.25) is 5.02 Å². The summed E-state index contributed by atoms with van der Waals surface area (Å²) in [6.45, 7) is 0.222. The number of benzene rings is 2. The molecule has 30 heavy (non-hydrogen) atoms. The number of sulfonamides is 1. The molecular formula is C21H19ClN2O5S. The third kappa shape index (κ3) is 4.11. The van der Waals surface area contributed by atoms with E-state index in [0.717, 1.165) is 19.3 Å². The number of ketones is 1. The van der Waals surface area contributed by atoms with Gasteiger partial charge in [-0.05, 0) is 55.3 Å². The van der Waals surface area contributed by atoms with E-state index in [-0.39, 0.29) is 16.2 Å². The van der Waals surface area contributed by atoms with Gasteiger partial charge in [-0.25, -0.2) is 4.79 Å². The molecule has 0 amide bonds. The molecule has 2 aromatic rings. The normalized spacial score (nSPS) is 17.2. The summed E-state index contributed by atoms with van der Waals surface area (Å²) in [5.41, 5.74) is 0.939. The lowest BCUT2D eigenvalue weighted by Gasteiger charge is -2.29. The van der Waals surface area contributed by atoms with Crippen LogP contribution in [0.15, 0.2) is 51.8 Å². The van der Waals surface area contributed by atoms with Crippen LogP contribution in [0.25, 0.3) is 0 Å². The number of carbonyl (C=O) groups is 2. The molecule has 0 saturated carbocycles. The largest absolute Gasteiger partial charge is 0.454 e. The molecule has 4 rings (SSSR count). The van der Waals surface area contributed by atoms with E-state index >= 15 is 0 Å². The highest BCUT2D eigenvalue weighted by Gasteiger charge is 2.32. The number of anilines is 1. The molecule has 1 fully saturated rings. The van der Waals surface area contributed by atoms with Crippen LogP contribution in [0.5, 0.6) is 0 Å². The fraction of sp³-hybridized carbons (Fsp3) is 0.286. The van der Waals surface area contributed by atoms with Crippen molar-refractivity contribution in [2.75, 3.05) is 18.1 Å². The number of fused-ring (bicyclic) bond motifs is 3. The van der Waals surface area contributed by atoms with Crippen molar-refractivity contribution in [3.63, 3.8) is 0 Å². The van der Waals surface area contributed by atoms with Gasteiger partial charge in [-0.2, -0.15) is 8.42 Å². The zero-order valence-corrected chi connectivity index (χ0v) is 17.6. The standard InChI is InChI=1S/C21H19ClN2O5S/c22-16-8-5-14(6-9-16)18(25)13-29-21(26)15-7-10-17-19(12-15)30(27,28)23-20-4-2-1-3-11-24(17)20/h5-10,12H,1-4,11,13H2. The lowest BCUT2D eigenvalue weighted by molar-refractivity contribution is 0.0474. The van der Waals surface area contributed by atoms with Crippen LogP contribution in [0.4, 0.5) is 5.69 Å². The van der Waals surface area contributed by atoms with Crippen LogP contribution in [0.1, 0.15) is 46.4 Å². The Morgan fingerprint density at radius 2 is 1.77 bits per heavy atom. The summed E-state index contributed by atoms with van der Waals surface area (Å²) in [6, 6.07) is 10.6. The highest BCUT2D eigenvalue weighted by atomic mass is 35.5. The Kier molecular flexibility index (Phi) is 5.62. The monoisotopic (exact) mass is 446 g/mol. The average Bonchev–Trinajstić information content (AvgIpc) is 2.97. The third-order valence-corrected chi connectivity index (χ3v) is 6.67. The van der Waals surface area contributed by atoms with Crippen molar-refractivity contribution >= 4 is 44.9 Å². The highest BCUT2D eigenvalue weighted by Crippen LogP contribution is 2.35. The summed E-state index contributed by atoms with van der Waals surface area (Å²) >= 11 is 5.80. The van der Waals surface area contributed by atoms with Crippen molar-refractivity contribution in [1.29, 1.82) is 0 Å². The van der Waals surface area contributed by atoms with Gasteiger partial charge in [0.15, 0.2) is 12.4 Å². The summed E-state index contributed by atoms with van der Waals surface area (Å²) in [5, 5.41) is 0.494. The zero-order valence-electron chi connectivity index (χ0n) is 16.0. The zero-order chi connectivity index (χ0) is 21.3. The van der Waals surface area contributed by atoms with Crippen molar-refractivity contribution in [3.8, 4) is 0 Å². The maximum absolute atomic E-state index is 12.7. The molecule has 0 spiro atoms. The number of esters is 1. The van der Waals surface area contributed by atoms with Crippen molar-refractivity contribution in [3.05, 3.63) is 58.6 Å². The Balaban J connectivity index is 1.53. The number of halogens is 1. The van der Waals surface area contributed by atoms with Gasteiger partial charge in [0.05, 0.1) is 11.3 Å². The first kappa shape index (κ1) is 20.6. The summed E-state index contributed by atoms with van der Waals surface area (Å²) < 4.78 is 34.4. The second-order valence-corrected chi connectivity index (χ2v) is 9.14. The third-order valence-electron chi connectivity index (χ3n) is 5.08. The summed E-state index contributed by atoms with van der Waals surface area (Å²) in [7, 11) is -3.90. The van der Waals surface area contributed by atoms with Gasteiger partial charge in [0, 0.05) is 23.6 Å². The van der Waals surface area contributed by atoms with Crippen LogP contribution in [0.3, 0.4) is 0 Å². The maximum Gasteiger partial charge on any atom is 0.338 e. The molecule has 2 heterocycles. The first-order valence-corrected chi connectivity index (χ1v) is 11.4. The lowest BCUT2D eigenvalue weighted by Crippen LogP contribution is -2.35. The van der Waals surface area contributed by atoms with Gasteiger partial charge in [-0.15, -0.1) is 4.40 Å².